The summed E-state index contributed by atoms with van der Waals surface area (Å²) >= 11 is 1.96. The minimum absolute atomic E-state index is 0.0549. The first-order valence-corrected chi connectivity index (χ1v) is 8.72. The van der Waals surface area contributed by atoms with Gasteiger partial charge in [0.25, 0.3) is 5.56 Å². The molecule has 1 aromatic carbocycles. The minimum atomic E-state index is -0.0549. The third kappa shape index (κ3) is 4.85. The van der Waals surface area contributed by atoms with Gasteiger partial charge in [0.05, 0.1) is 17.4 Å². The van der Waals surface area contributed by atoms with E-state index in [-0.39, 0.29) is 10.3 Å². The van der Waals surface area contributed by atoms with Gasteiger partial charge in [0, 0.05) is 17.0 Å². The molecule has 2 rings (SSSR count). The van der Waals surface area contributed by atoms with Gasteiger partial charge < -0.3 is 4.98 Å². The number of nitrogens with zero attached hydrogens (tertiary/aromatic N) is 2. The van der Waals surface area contributed by atoms with Crippen molar-refractivity contribution < 1.29 is 0 Å². The molecule has 4 nitrogen and oxygen atoms in total. The van der Waals surface area contributed by atoms with Crippen LogP contribution in [-0.4, -0.2) is 38.5 Å². The first-order chi connectivity index (χ1) is 10.4. The Morgan fingerprint density at radius 2 is 2.00 bits per heavy atom. The maximum Gasteiger partial charge on any atom is 0.258 e. The van der Waals surface area contributed by atoms with Crippen LogP contribution in [0.3, 0.4) is 0 Å². The molecule has 0 aliphatic carbocycles. The second-order valence-electron chi connectivity index (χ2n) is 6.36. The van der Waals surface area contributed by atoms with E-state index in [1.54, 1.807) is 0 Å². The van der Waals surface area contributed by atoms with E-state index in [2.05, 4.69) is 42.6 Å². The highest BCUT2D eigenvalue weighted by atomic mass is 32.2. The van der Waals surface area contributed by atoms with Crippen LogP contribution in [0.2, 0.25) is 0 Å². The van der Waals surface area contributed by atoms with Gasteiger partial charge in [0.15, 0.2) is 0 Å². The van der Waals surface area contributed by atoms with Crippen LogP contribution in [-0.2, 0) is 6.54 Å². The number of hydrogen-bond donors (Lipinski definition) is 1. The Hall–Kier alpha value is -1.33. The Labute approximate surface area is 136 Å². The van der Waals surface area contributed by atoms with Crippen molar-refractivity contribution >= 4 is 22.7 Å². The van der Waals surface area contributed by atoms with Crippen LogP contribution in [0.1, 0.15) is 33.5 Å². The van der Waals surface area contributed by atoms with E-state index in [1.807, 2.05) is 36.0 Å². The van der Waals surface area contributed by atoms with Crippen molar-refractivity contribution in [2.75, 3.05) is 18.8 Å². The van der Waals surface area contributed by atoms with Gasteiger partial charge in [-0.2, -0.15) is 11.8 Å². The van der Waals surface area contributed by atoms with Crippen molar-refractivity contribution in [3.8, 4) is 0 Å². The second-order valence-corrected chi connectivity index (χ2v) is 8.28. The van der Waals surface area contributed by atoms with Gasteiger partial charge in [0.1, 0.15) is 5.82 Å². The number of aromatic nitrogens is 2. The zero-order valence-electron chi connectivity index (χ0n) is 13.8. The van der Waals surface area contributed by atoms with Crippen LogP contribution in [0.5, 0.6) is 0 Å². The quantitative estimate of drug-likeness (QED) is 0.888. The molecule has 0 radical (unpaired) electrons. The summed E-state index contributed by atoms with van der Waals surface area (Å²) in [6.07, 6.45) is 0. The van der Waals surface area contributed by atoms with E-state index < -0.39 is 0 Å². The molecule has 0 aliphatic heterocycles. The van der Waals surface area contributed by atoms with Crippen LogP contribution >= 0.6 is 11.8 Å². The fourth-order valence-corrected chi connectivity index (χ4v) is 3.21. The van der Waals surface area contributed by atoms with E-state index >= 15 is 0 Å². The number of aromatic amines is 1. The number of rotatable bonds is 6. The SMILES string of the molecule is CCN(CCSC(C)(C)C)Cc1nc2ccccc2c(=O)[nH]1. The van der Waals surface area contributed by atoms with Gasteiger partial charge in [-0.3, -0.25) is 9.69 Å². The molecule has 120 valence electrons. The molecule has 0 bridgehead atoms. The Bertz CT molecular complexity index is 675. The molecule has 0 aliphatic rings. The lowest BCUT2D eigenvalue weighted by atomic mass is 10.2. The van der Waals surface area contributed by atoms with Crippen molar-refractivity contribution in [1.82, 2.24) is 14.9 Å². The molecule has 1 heterocycles. The largest absolute Gasteiger partial charge is 0.309 e. The van der Waals surface area contributed by atoms with Gasteiger partial charge in [-0.1, -0.05) is 39.8 Å². The normalized spacial score (nSPS) is 12.2. The Kier molecular flexibility index (Phi) is 5.64. The van der Waals surface area contributed by atoms with Gasteiger partial charge in [-0.15, -0.1) is 0 Å². The summed E-state index contributed by atoms with van der Waals surface area (Å²) in [5.74, 6) is 1.82. The lowest BCUT2D eigenvalue weighted by Gasteiger charge is -2.23. The Balaban J connectivity index is 2.06. The molecule has 0 saturated carbocycles. The Morgan fingerprint density at radius 1 is 1.27 bits per heavy atom. The molecular weight excluding hydrogens is 294 g/mol. The summed E-state index contributed by atoms with van der Waals surface area (Å²) in [7, 11) is 0. The third-order valence-corrected chi connectivity index (χ3v) is 4.68. The third-order valence-electron chi connectivity index (χ3n) is 3.43. The number of benzene rings is 1. The van der Waals surface area contributed by atoms with Crippen LogP contribution < -0.4 is 5.56 Å². The van der Waals surface area contributed by atoms with E-state index in [9.17, 15) is 4.79 Å². The van der Waals surface area contributed by atoms with E-state index in [4.69, 9.17) is 0 Å². The van der Waals surface area contributed by atoms with Crippen LogP contribution in [0.15, 0.2) is 29.1 Å². The monoisotopic (exact) mass is 319 g/mol. The molecule has 0 atom stereocenters. The average molecular weight is 319 g/mol. The van der Waals surface area contributed by atoms with Crippen molar-refractivity contribution in [2.45, 2.75) is 39.0 Å². The predicted octanol–water partition coefficient (Wildman–Crippen LogP) is 3.28. The Morgan fingerprint density at radius 3 is 2.68 bits per heavy atom. The van der Waals surface area contributed by atoms with Crippen LogP contribution in [0.25, 0.3) is 10.9 Å². The summed E-state index contributed by atoms with van der Waals surface area (Å²) < 4.78 is 0.287. The molecule has 0 spiro atoms. The molecule has 1 N–H and O–H groups in total. The standard InChI is InChI=1S/C17H25N3OS/c1-5-20(10-11-22-17(2,3)4)12-15-18-14-9-7-6-8-13(14)16(21)19-15/h6-9H,5,10-12H2,1-4H3,(H,18,19,21). The van der Waals surface area contributed by atoms with Crippen LogP contribution in [0, 0.1) is 0 Å². The van der Waals surface area contributed by atoms with Crippen molar-refractivity contribution in [3.63, 3.8) is 0 Å². The molecule has 0 fully saturated rings. The highest BCUT2D eigenvalue weighted by Crippen LogP contribution is 2.22. The van der Waals surface area contributed by atoms with Gasteiger partial charge in [-0.05, 0) is 18.7 Å². The number of thioether (sulfide) groups is 1. The molecule has 0 amide bonds. The molecule has 1 aromatic heterocycles. The van der Waals surface area contributed by atoms with Gasteiger partial charge in [0.2, 0.25) is 0 Å². The first-order valence-electron chi connectivity index (χ1n) is 7.73. The molecular formula is C17H25N3OS. The number of nitrogens with one attached hydrogen (secondary N) is 1. The van der Waals surface area contributed by atoms with Gasteiger partial charge in [-0.25, -0.2) is 4.98 Å². The number of H-pyrrole nitrogens is 1. The predicted molar refractivity (Wildman–Crippen MR) is 95.5 cm³/mol. The summed E-state index contributed by atoms with van der Waals surface area (Å²) in [5.41, 5.74) is 0.710. The average Bonchev–Trinajstić information content (AvgIpc) is 2.45. The van der Waals surface area contributed by atoms with Crippen molar-refractivity contribution in [1.29, 1.82) is 0 Å². The molecule has 2 aromatic rings. The van der Waals surface area contributed by atoms with Crippen molar-refractivity contribution in [3.05, 3.63) is 40.4 Å². The van der Waals surface area contributed by atoms with Crippen LogP contribution in [0.4, 0.5) is 0 Å². The lowest BCUT2D eigenvalue weighted by Crippen LogP contribution is -2.28. The fraction of sp³-hybridized carbons (Fsp3) is 0.529. The fourth-order valence-electron chi connectivity index (χ4n) is 2.25. The zero-order valence-corrected chi connectivity index (χ0v) is 14.7. The molecule has 0 unspecified atom stereocenters. The smallest absolute Gasteiger partial charge is 0.258 e. The molecule has 5 heteroatoms. The topological polar surface area (TPSA) is 49.0 Å². The second kappa shape index (κ2) is 7.29. The minimum Gasteiger partial charge on any atom is -0.309 e. The highest BCUT2D eigenvalue weighted by molar-refractivity contribution is 8.00. The highest BCUT2D eigenvalue weighted by Gasteiger charge is 2.12. The lowest BCUT2D eigenvalue weighted by molar-refractivity contribution is 0.290. The number of para-hydroxylation sites is 1. The van der Waals surface area contributed by atoms with Gasteiger partial charge >= 0.3 is 0 Å². The molecule has 0 saturated heterocycles. The van der Waals surface area contributed by atoms with E-state index in [0.29, 0.717) is 11.9 Å². The molecule has 22 heavy (non-hydrogen) atoms. The summed E-state index contributed by atoms with van der Waals surface area (Å²) in [5, 5.41) is 0.651. The number of fused-ring (bicyclic) bond motifs is 1. The summed E-state index contributed by atoms with van der Waals surface area (Å²) in [6.45, 7) is 11.5. The maximum absolute atomic E-state index is 12.1. The van der Waals surface area contributed by atoms with E-state index in [0.717, 1.165) is 30.2 Å². The van der Waals surface area contributed by atoms with Crippen molar-refractivity contribution in [2.24, 2.45) is 0 Å². The maximum atomic E-state index is 12.1. The van der Waals surface area contributed by atoms with E-state index in [1.165, 1.54) is 0 Å². The summed E-state index contributed by atoms with van der Waals surface area (Å²) in [6, 6.07) is 7.47. The zero-order chi connectivity index (χ0) is 16.2. The summed E-state index contributed by atoms with van der Waals surface area (Å²) in [4.78, 5) is 21.9. The number of hydrogen-bond acceptors (Lipinski definition) is 4. The first kappa shape index (κ1) is 17.0.